The van der Waals surface area contributed by atoms with E-state index in [0.717, 1.165) is 11.9 Å². The second-order valence-electron chi connectivity index (χ2n) is 4.44. The van der Waals surface area contributed by atoms with Crippen molar-refractivity contribution in [1.82, 2.24) is 4.90 Å². The molecular weight excluding hydrogens is 325 g/mol. The molecule has 0 aromatic heterocycles. The Labute approximate surface area is 130 Å². The Morgan fingerprint density at radius 3 is 2.68 bits per heavy atom. The molecule has 1 rings (SSSR count). The summed E-state index contributed by atoms with van der Waals surface area (Å²) < 4.78 is 42.1. The maximum atomic E-state index is 12.3. The van der Waals surface area contributed by atoms with E-state index in [1.165, 1.54) is 18.2 Å². The number of hydrogen-bond acceptors (Lipinski definition) is 3. The van der Waals surface area contributed by atoms with Crippen LogP contribution in [0.15, 0.2) is 18.2 Å². The normalized spacial score (nSPS) is 12.7. The van der Waals surface area contributed by atoms with Gasteiger partial charge in [-0.05, 0) is 19.1 Å². The van der Waals surface area contributed by atoms with Crippen LogP contribution in [0.25, 0.3) is 0 Å². The lowest BCUT2D eigenvalue weighted by atomic mass is 10.3. The molecule has 1 unspecified atom stereocenters. The summed E-state index contributed by atoms with van der Waals surface area (Å²) in [6.07, 6.45) is -7.40. The van der Waals surface area contributed by atoms with Gasteiger partial charge in [-0.1, -0.05) is 11.6 Å². The number of rotatable bonds is 5. The molecule has 2 N–H and O–H groups in total. The van der Waals surface area contributed by atoms with E-state index in [4.69, 9.17) is 21.4 Å². The van der Waals surface area contributed by atoms with Gasteiger partial charge in [0, 0.05) is 18.1 Å². The lowest BCUT2D eigenvalue weighted by molar-refractivity contribution is -0.205. The molecule has 124 valence electrons. The number of anilines is 1. The number of nitrogens with zero attached hydrogens (tertiary/aromatic N) is 1. The van der Waals surface area contributed by atoms with E-state index in [1.54, 1.807) is 6.92 Å². The summed E-state index contributed by atoms with van der Waals surface area (Å²) in [6.45, 7) is 1.18. The maximum Gasteiger partial charge on any atom is 0.416 e. The number of halogens is 4. The topological polar surface area (TPSA) is 61.8 Å². The molecule has 0 radical (unpaired) electrons. The zero-order valence-corrected chi connectivity index (χ0v) is 12.7. The molecule has 0 heterocycles. The van der Waals surface area contributed by atoms with Gasteiger partial charge >= 0.3 is 12.2 Å². The van der Waals surface area contributed by atoms with Crippen molar-refractivity contribution in [3.8, 4) is 5.75 Å². The first kappa shape index (κ1) is 18.4. The van der Waals surface area contributed by atoms with Crippen molar-refractivity contribution in [2.24, 2.45) is 0 Å². The average molecular weight is 341 g/mol. The number of urea groups is 1. The molecule has 0 saturated heterocycles. The molecule has 2 amide bonds. The van der Waals surface area contributed by atoms with Crippen molar-refractivity contribution < 1.29 is 27.8 Å². The molecule has 1 atom stereocenters. The fraction of sp³-hybridized carbons (Fsp3) is 0.462. The first-order valence-corrected chi connectivity index (χ1v) is 6.72. The number of alkyl halides is 3. The number of amides is 2. The van der Waals surface area contributed by atoms with E-state index in [1.807, 2.05) is 0 Å². The molecule has 0 saturated carbocycles. The smallest absolute Gasteiger partial charge is 0.416 e. The fourth-order valence-electron chi connectivity index (χ4n) is 1.53. The number of benzene rings is 1. The van der Waals surface area contributed by atoms with Crippen molar-refractivity contribution in [3.05, 3.63) is 23.2 Å². The highest BCUT2D eigenvalue weighted by molar-refractivity contribution is 6.30. The summed E-state index contributed by atoms with van der Waals surface area (Å²) in [7, 11) is 1.14. The van der Waals surface area contributed by atoms with Crippen LogP contribution in [-0.2, 0) is 0 Å². The molecule has 0 aliphatic carbocycles. The molecule has 5 nitrogen and oxygen atoms in total. The molecule has 0 spiro atoms. The number of hydrogen-bond donors (Lipinski definition) is 2. The van der Waals surface area contributed by atoms with Crippen molar-refractivity contribution in [2.75, 3.05) is 25.5 Å². The highest BCUT2D eigenvalue weighted by Crippen LogP contribution is 2.28. The van der Waals surface area contributed by atoms with Gasteiger partial charge in [-0.25, -0.2) is 4.79 Å². The maximum absolute atomic E-state index is 12.3. The molecule has 0 aliphatic heterocycles. The molecule has 0 aliphatic rings. The quantitative estimate of drug-likeness (QED) is 0.865. The monoisotopic (exact) mass is 340 g/mol. The van der Waals surface area contributed by atoms with Gasteiger partial charge in [0.25, 0.3) is 0 Å². The number of likely N-dealkylation sites (N-methyl/N-ethyl adjacent to an activating group) is 1. The Bertz CT molecular complexity index is 526. The Morgan fingerprint density at radius 1 is 1.50 bits per heavy atom. The predicted octanol–water partition coefficient (Wildman–Crippen LogP) is 3.13. The Hall–Kier alpha value is -1.67. The molecule has 0 fully saturated rings. The van der Waals surface area contributed by atoms with E-state index in [0.29, 0.717) is 17.4 Å². The predicted molar refractivity (Wildman–Crippen MR) is 76.3 cm³/mol. The van der Waals surface area contributed by atoms with E-state index < -0.39 is 24.9 Å². The number of aliphatic hydroxyl groups is 1. The van der Waals surface area contributed by atoms with Crippen LogP contribution >= 0.6 is 11.6 Å². The largest absolute Gasteiger partial charge is 0.492 e. The van der Waals surface area contributed by atoms with Crippen molar-refractivity contribution in [3.63, 3.8) is 0 Å². The lowest BCUT2D eigenvalue weighted by Crippen LogP contribution is -2.43. The van der Waals surface area contributed by atoms with Gasteiger partial charge in [0.1, 0.15) is 5.75 Å². The Morgan fingerprint density at radius 2 is 2.14 bits per heavy atom. The van der Waals surface area contributed by atoms with Crippen LogP contribution in [0.3, 0.4) is 0 Å². The average Bonchev–Trinajstić information content (AvgIpc) is 2.40. The van der Waals surface area contributed by atoms with Crippen molar-refractivity contribution in [1.29, 1.82) is 0 Å². The molecule has 1 aromatic rings. The van der Waals surface area contributed by atoms with Crippen LogP contribution < -0.4 is 10.1 Å². The highest BCUT2D eigenvalue weighted by atomic mass is 35.5. The van der Waals surface area contributed by atoms with Crippen molar-refractivity contribution >= 4 is 23.3 Å². The highest BCUT2D eigenvalue weighted by Gasteiger charge is 2.39. The Kier molecular flexibility index (Phi) is 6.31. The summed E-state index contributed by atoms with van der Waals surface area (Å²) in [5.74, 6) is 0.299. The second kappa shape index (κ2) is 7.55. The standard InChI is InChI=1S/C13H16ClF3N2O3/c1-3-22-10-6-8(14)4-5-9(10)18-12(21)19(2)7-11(20)13(15,16)17/h4-6,11,20H,3,7H2,1-2H3,(H,18,21). The summed E-state index contributed by atoms with van der Waals surface area (Å²) in [5, 5.41) is 11.8. The second-order valence-corrected chi connectivity index (χ2v) is 4.88. The number of carbonyl (C=O) groups excluding carboxylic acids is 1. The minimum atomic E-state index is -4.79. The van der Waals surface area contributed by atoms with Gasteiger partial charge in [0.15, 0.2) is 6.10 Å². The zero-order valence-electron chi connectivity index (χ0n) is 11.9. The van der Waals surface area contributed by atoms with Crippen molar-refractivity contribution in [2.45, 2.75) is 19.2 Å². The van der Waals surface area contributed by atoms with Gasteiger partial charge in [-0.3, -0.25) is 0 Å². The lowest BCUT2D eigenvalue weighted by Gasteiger charge is -2.23. The van der Waals surface area contributed by atoms with E-state index in [-0.39, 0.29) is 5.69 Å². The molecular formula is C13H16ClF3N2O3. The summed E-state index contributed by atoms with van der Waals surface area (Å²) in [6, 6.07) is 3.64. The SMILES string of the molecule is CCOc1cc(Cl)ccc1NC(=O)N(C)CC(O)C(F)(F)F. The minimum Gasteiger partial charge on any atom is -0.492 e. The fourth-order valence-corrected chi connectivity index (χ4v) is 1.69. The van der Waals surface area contributed by atoms with Crippen LogP contribution in [0.1, 0.15) is 6.92 Å². The number of aliphatic hydroxyl groups excluding tert-OH is 1. The third-order valence-corrected chi connectivity index (χ3v) is 2.89. The number of nitrogens with one attached hydrogen (secondary N) is 1. The van der Waals surface area contributed by atoms with Gasteiger partial charge in [-0.2, -0.15) is 13.2 Å². The molecule has 9 heteroatoms. The van der Waals surface area contributed by atoms with E-state index in [9.17, 15) is 18.0 Å². The molecule has 0 bridgehead atoms. The van der Waals surface area contributed by atoms with Crippen LogP contribution in [-0.4, -0.2) is 48.5 Å². The third kappa shape index (κ3) is 5.27. The Balaban J connectivity index is 2.76. The van der Waals surface area contributed by atoms with Gasteiger partial charge in [-0.15, -0.1) is 0 Å². The summed E-state index contributed by atoms with van der Waals surface area (Å²) >= 11 is 5.81. The molecule has 1 aromatic carbocycles. The minimum absolute atomic E-state index is 0.268. The van der Waals surface area contributed by atoms with E-state index in [2.05, 4.69) is 5.32 Å². The van der Waals surface area contributed by atoms with Crippen LogP contribution in [0.5, 0.6) is 5.75 Å². The van der Waals surface area contributed by atoms with Gasteiger partial charge < -0.3 is 20.1 Å². The van der Waals surface area contributed by atoms with Crippen LogP contribution in [0.4, 0.5) is 23.7 Å². The van der Waals surface area contributed by atoms with E-state index >= 15 is 0 Å². The third-order valence-electron chi connectivity index (χ3n) is 2.66. The van der Waals surface area contributed by atoms with Gasteiger partial charge in [0.05, 0.1) is 18.8 Å². The summed E-state index contributed by atoms with van der Waals surface area (Å²) in [4.78, 5) is 12.6. The first-order chi connectivity index (χ1) is 10.1. The number of ether oxygens (including phenoxy) is 1. The zero-order chi connectivity index (χ0) is 16.9. The van der Waals surface area contributed by atoms with Gasteiger partial charge in [0.2, 0.25) is 0 Å². The summed E-state index contributed by atoms with van der Waals surface area (Å²) in [5.41, 5.74) is 0.268. The van der Waals surface area contributed by atoms with Crippen LogP contribution in [0.2, 0.25) is 5.02 Å². The first-order valence-electron chi connectivity index (χ1n) is 6.34. The molecule has 22 heavy (non-hydrogen) atoms. The number of carbonyl (C=O) groups is 1. The van der Waals surface area contributed by atoms with Crippen LogP contribution in [0, 0.1) is 0 Å².